The summed E-state index contributed by atoms with van der Waals surface area (Å²) in [4.78, 5) is 17.6. The number of nitrogens with two attached hydrogens (primary N) is 1. The highest BCUT2D eigenvalue weighted by atomic mass is 16.6. The molecule has 0 aliphatic carbocycles. The van der Waals surface area contributed by atoms with Gasteiger partial charge in [0.25, 0.3) is 0 Å². The van der Waals surface area contributed by atoms with Gasteiger partial charge in [0.2, 0.25) is 0 Å². The van der Waals surface area contributed by atoms with E-state index in [1.165, 1.54) is 18.2 Å². The summed E-state index contributed by atoms with van der Waals surface area (Å²) in [6, 6.07) is 11.5. The van der Waals surface area contributed by atoms with Gasteiger partial charge in [0.1, 0.15) is 6.61 Å². The molecule has 2 rings (SSSR count). The molecule has 0 saturated carbocycles. The van der Waals surface area contributed by atoms with Crippen molar-refractivity contribution in [2.24, 2.45) is 11.0 Å². The minimum atomic E-state index is -0.376. The molecule has 0 atom stereocenters. The number of nitrogens with one attached hydrogen (secondary N) is 2. The number of carbonyl (C=O) groups is 1. The Hall–Kier alpha value is -2.90. The smallest absolute Gasteiger partial charge is 0.337 e. The van der Waals surface area contributed by atoms with E-state index in [0.29, 0.717) is 5.69 Å². The molecule has 4 N–H and O–H groups in total. The fourth-order valence-corrected chi connectivity index (χ4v) is 2.70. The number of anilines is 1. The number of oxime groups is 1. The standard InChI is InChI=1S/C20H27N5O2/c1-13-9-14(2)11-17(10-13)16(4)23-27-12-18-15(3)7-6-8-19(18)22-20(26)25(5)24-21/h6-11,24H,12,21H2,1-5H3,(H,22,26). The molecule has 0 unspecified atom stereocenters. The zero-order valence-corrected chi connectivity index (χ0v) is 16.5. The molecule has 0 aliphatic heterocycles. The first kappa shape index (κ1) is 20.4. The quantitative estimate of drug-likeness (QED) is 0.413. The zero-order valence-electron chi connectivity index (χ0n) is 16.5. The van der Waals surface area contributed by atoms with Gasteiger partial charge >= 0.3 is 6.03 Å². The number of rotatable bonds is 6. The van der Waals surface area contributed by atoms with E-state index >= 15 is 0 Å². The van der Waals surface area contributed by atoms with Gasteiger partial charge in [0.05, 0.1) is 5.71 Å². The van der Waals surface area contributed by atoms with E-state index in [0.717, 1.165) is 27.4 Å². The first-order valence-corrected chi connectivity index (χ1v) is 8.66. The summed E-state index contributed by atoms with van der Waals surface area (Å²) in [6.07, 6.45) is 0. The maximum absolute atomic E-state index is 12.0. The van der Waals surface area contributed by atoms with Crippen molar-refractivity contribution in [3.63, 3.8) is 0 Å². The first-order valence-electron chi connectivity index (χ1n) is 8.66. The number of benzene rings is 2. The van der Waals surface area contributed by atoms with Crippen LogP contribution in [0.2, 0.25) is 0 Å². The highest BCUT2D eigenvalue weighted by molar-refractivity contribution is 5.98. The molecule has 7 heteroatoms. The van der Waals surface area contributed by atoms with Crippen molar-refractivity contribution < 1.29 is 9.63 Å². The molecule has 0 aliphatic rings. The topological polar surface area (TPSA) is 92.0 Å². The zero-order chi connectivity index (χ0) is 20.0. The van der Waals surface area contributed by atoms with E-state index in [9.17, 15) is 4.79 Å². The second-order valence-corrected chi connectivity index (χ2v) is 6.55. The molecule has 0 heterocycles. The number of hydrazine groups is 2. The van der Waals surface area contributed by atoms with Gasteiger partial charge in [-0.1, -0.05) is 46.6 Å². The summed E-state index contributed by atoms with van der Waals surface area (Å²) < 4.78 is 0. The third kappa shape index (κ3) is 5.54. The van der Waals surface area contributed by atoms with Crippen molar-refractivity contribution in [1.82, 2.24) is 10.5 Å². The molecule has 0 fully saturated rings. The van der Waals surface area contributed by atoms with E-state index in [-0.39, 0.29) is 12.6 Å². The molecule has 144 valence electrons. The molecule has 7 nitrogen and oxygen atoms in total. The number of carbonyl (C=O) groups excluding carboxylic acids is 1. The van der Waals surface area contributed by atoms with E-state index in [4.69, 9.17) is 10.7 Å². The van der Waals surface area contributed by atoms with Gasteiger partial charge in [0, 0.05) is 18.3 Å². The summed E-state index contributed by atoms with van der Waals surface area (Å²) in [5.41, 5.74) is 8.97. The largest absolute Gasteiger partial charge is 0.391 e. The molecule has 2 aromatic carbocycles. The van der Waals surface area contributed by atoms with Crippen LogP contribution in [0.5, 0.6) is 0 Å². The van der Waals surface area contributed by atoms with Gasteiger partial charge in [-0.05, 0) is 44.9 Å². The second kappa shape index (κ2) is 9.16. The lowest BCUT2D eigenvalue weighted by Crippen LogP contribution is -2.46. The van der Waals surface area contributed by atoms with Crippen LogP contribution in [-0.4, -0.2) is 23.8 Å². The van der Waals surface area contributed by atoms with Crippen LogP contribution in [0.3, 0.4) is 0 Å². The molecular weight excluding hydrogens is 342 g/mol. The maximum Gasteiger partial charge on any atom is 0.337 e. The molecule has 27 heavy (non-hydrogen) atoms. The van der Waals surface area contributed by atoms with Crippen molar-refractivity contribution in [3.05, 3.63) is 64.2 Å². The maximum atomic E-state index is 12.0. The van der Waals surface area contributed by atoms with Crippen molar-refractivity contribution in [2.75, 3.05) is 12.4 Å². The monoisotopic (exact) mass is 369 g/mol. The third-order valence-electron chi connectivity index (χ3n) is 4.20. The van der Waals surface area contributed by atoms with Crippen LogP contribution in [-0.2, 0) is 11.4 Å². The number of aryl methyl sites for hydroxylation is 3. The normalized spacial score (nSPS) is 11.3. The Labute approximate surface area is 160 Å². The lowest BCUT2D eigenvalue weighted by atomic mass is 10.0. The van der Waals surface area contributed by atoms with E-state index < -0.39 is 0 Å². The van der Waals surface area contributed by atoms with Gasteiger partial charge in [-0.2, -0.15) is 5.53 Å². The average Bonchev–Trinajstić information content (AvgIpc) is 2.62. The van der Waals surface area contributed by atoms with Crippen LogP contribution in [0.25, 0.3) is 0 Å². The highest BCUT2D eigenvalue weighted by Gasteiger charge is 2.12. The molecule has 0 spiro atoms. The summed E-state index contributed by atoms with van der Waals surface area (Å²) in [7, 11) is 1.53. The Morgan fingerprint density at radius 2 is 1.85 bits per heavy atom. The Bertz CT molecular complexity index is 828. The van der Waals surface area contributed by atoms with E-state index in [1.54, 1.807) is 0 Å². The highest BCUT2D eigenvalue weighted by Crippen LogP contribution is 2.21. The number of hydrogen-bond acceptors (Lipinski definition) is 5. The van der Waals surface area contributed by atoms with Crippen LogP contribution in [0, 0.1) is 20.8 Å². The van der Waals surface area contributed by atoms with Crippen LogP contribution in [0.1, 0.15) is 34.7 Å². The number of nitrogens with zero attached hydrogens (tertiary/aromatic N) is 2. The van der Waals surface area contributed by atoms with Crippen molar-refractivity contribution in [3.8, 4) is 0 Å². The minimum Gasteiger partial charge on any atom is -0.391 e. The molecule has 0 radical (unpaired) electrons. The molecular formula is C20H27N5O2. The van der Waals surface area contributed by atoms with Gasteiger partial charge in [-0.15, -0.1) is 0 Å². The van der Waals surface area contributed by atoms with Gasteiger partial charge in [-0.25, -0.2) is 9.80 Å². The minimum absolute atomic E-state index is 0.240. The predicted molar refractivity (Wildman–Crippen MR) is 108 cm³/mol. The lowest BCUT2D eigenvalue weighted by Gasteiger charge is -2.18. The van der Waals surface area contributed by atoms with Gasteiger partial charge in [0.15, 0.2) is 0 Å². The van der Waals surface area contributed by atoms with Crippen LogP contribution in [0.15, 0.2) is 41.6 Å². The van der Waals surface area contributed by atoms with Crippen LogP contribution >= 0.6 is 0 Å². The van der Waals surface area contributed by atoms with E-state index in [2.05, 4.69) is 48.1 Å². The average molecular weight is 369 g/mol. The Balaban J connectivity index is 2.14. The lowest BCUT2D eigenvalue weighted by molar-refractivity contribution is 0.130. The van der Waals surface area contributed by atoms with Crippen molar-refractivity contribution in [2.45, 2.75) is 34.3 Å². The second-order valence-electron chi connectivity index (χ2n) is 6.55. The number of urea groups is 1. The SMILES string of the molecule is CC(=NOCc1c(C)cccc1NC(=O)N(C)NN)c1cc(C)cc(C)c1. The molecule has 0 aromatic heterocycles. The van der Waals surface area contributed by atoms with Crippen molar-refractivity contribution in [1.29, 1.82) is 0 Å². The summed E-state index contributed by atoms with van der Waals surface area (Å²) in [5, 5.41) is 8.20. The first-order chi connectivity index (χ1) is 12.8. The fourth-order valence-electron chi connectivity index (χ4n) is 2.70. The Morgan fingerprint density at radius 1 is 1.19 bits per heavy atom. The number of amides is 2. The summed E-state index contributed by atoms with van der Waals surface area (Å²) in [6.45, 7) is 8.22. The molecule has 2 aromatic rings. The van der Waals surface area contributed by atoms with Gasteiger partial charge < -0.3 is 10.2 Å². The molecule has 0 saturated heterocycles. The Kier molecular flexibility index (Phi) is 6.92. The van der Waals surface area contributed by atoms with E-state index in [1.807, 2.05) is 32.0 Å². The number of hydrogen-bond donors (Lipinski definition) is 3. The van der Waals surface area contributed by atoms with Crippen LogP contribution in [0.4, 0.5) is 10.5 Å². The summed E-state index contributed by atoms with van der Waals surface area (Å²) in [5.74, 6) is 5.26. The van der Waals surface area contributed by atoms with Crippen molar-refractivity contribution >= 4 is 17.4 Å². The molecule has 0 bridgehead atoms. The molecule has 2 amide bonds. The van der Waals surface area contributed by atoms with Crippen LogP contribution < -0.4 is 16.7 Å². The fraction of sp³-hybridized carbons (Fsp3) is 0.300. The third-order valence-corrected chi connectivity index (χ3v) is 4.20. The Morgan fingerprint density at radius 3 is 2.48 bits per heavy atom. The van der Waals surface area contributed by atoms with Gasteiger partial charge in [-0.3, -0.25) is 5.84 Å². The summed E-state index contributed by atoms with van der Waals surface area (Å²) >= 11 is 0. The predicted octanol–water partition coefficient (Wildman–Crippen LogP) is 3.39.